The number of nitrogens with zero attached hydrogens (tertiary/aromatic N) is 2. The summed E-state index contributed by atoms with van der Waals surface area (Å²) in [5, 5.41) is 9.14. The molecule has 3 heteroatoms. The summed E-state index contributed by atoms with van der Waals surface area (Å²) < 4.78 is 0. The number of aliphatic hydroxyl groups is 1. The summed E-state index contributed by atoms with van der Waals surface area (Å²) in [4.78, 5) is 5.15. The lowest BCUT2D eigenvalue weighted by atomic mass is 10.0. The summed E-state index contributed by atoms with van der Waals surface area (Å²) in [6, 6.07) is 12.3. The second-order valence-corrected chi connectivity index (χ2v) is 6.21. The molecule has 110 valence electrons. The molecule has 1 aromatic rings. The molecule has 1 saturated carbocycles. The Morgan fingerprint density at radius 2 is 1.90 bits per heavy atom. The molecule has 1 aliphatic carbocycles. The van der Waals surface area contributed by atoms with E-state index in [1.165, 1.54) is 31.2 Å². The van der Waals surface area contributed by atoms with Crippen LogP contribution in [0.25, 0.3) is 0 Å². The Hall–Kier alpha value is -0.900. The number of aliphatic hydroxyl groups excluding tert-OH is 1. The van der Waals surface area contributed by atoms with E-state index in [9.17, 15) is 0 Å². The number of likely N-dealkylation sites (tertiary alicyclic amines) is 1. The summed E-state index contributed by atoms with van der Waals surface area (Å²) in [6.07, 6.45) is 5.31. The third-order valence-corrected chi connectivity index (χ3v) is 4.59. The molecule has 0 bridgehead atoms. The molecule has 0 spiro atoms. The Bertz CT molecular complexity index is 403. The van der Waals surface area contributed by atoms with Crippen molar-refractivity contribution in [3.63, 3.8) is 0 Å². The van der Waals surface area contributed by atoms with Crippen molar-refractivity contribution in [2.45, 2.75) is 44.3 Å². The molecule has 0 amide bonds. The zero-order valence-corrected chi connectivity index (χ0v) is 12.2. The summed E-state index contributed by atoms with van der Waals surface area (Å²) in [5.74, 6) is 0. The first-order chi connectivity index (χ1) is 9.86. The molecule has 20 heavy (non-hydrogen) atoms. The van der Waals surface area contributed by atoms with Crippen LogP contribution in [0.5, 0.6) is 0 Å². The Kier molecular flexibility index (Phi) is 4.71. The van der Waals surface area contributed by atoms with Gasteiger partial charge in [-0.15, -0.1) is 0 Å². The predicted molar refractivity (Wildman–Crippen MR) is 81.6 cm³/mol. The number of hydrogen-bond donors (Lipinski definition) is 1. The van der Waals surface area contributed by atoms with Gasteiger partial charge >= 0.3 is 0 Å². The first-order valence-corrected chi connectivity index (χ1v) is 7.99. The van der Waals surface area contributed by atoms with E-state index in [2.05, 4.69) is 40.1 Å². The van der Waals surface area contributed by atoms with Crippen LogP contribution in [0.3, 0.4) is 0 Å². The van der Waals surface area contributed by atoms with E-state index in [0.717, 1.165) is 32.2 Å². The quantitative estimate of drug-likeness (QED) is 0.860. The van der Waals surface area contributed by atoms with Gasteiger partial charge in [-0.1, -0.05) is 30.3 Å². The van der Waals surface area contributed by atoms with Crippen molar-refractivity contribution >= 4 is 0 Å². The Morgan fingerprint density at radius 3 is 2.60 bits per heavy atom. The monoisotopic (exact) mass is 274 g/mol. The predicted octanol–water partition coefficient (Wildman–Crippen LogP) is 2.11. The first kappa shape index (κ1) is 14.1. The minimum absolute atomic E-state index is 0.287. The van der Waals surface area contributed by atoms with Crippen molar-refractivity contribution in [1.29, 1.82) is 0 Å². The molecule has 0 aromatic heterocycles. The smallest absolute Gasteiger partial charge is 0.0558 e. The van der Waals surface area contributed by atoms with Crippen LogP contribution in [0.1, 0.15) is 31.2 Å². The molecule has 1 saturated heterocycles. The average molecular weight is 274 g/mol. The largest absolute Gasteiger partial charge is 0.395 e. The van der Waals surface area contributed by atoms with Crippen molar-refractivity contribution in [2.24, 2.45) is 0 Å². The van der Waals surface area contributed by atoms with Gasteiger partial charge in [-0.25, -0.2) is 0 Å². The average Bonchev–Trinajstić information content (AvgIpc) is 3.31. The van der Waals surface area contributed by atoms with Gasteiger partial charge in [-0.2, -0.15) is 0 Å². The highest BCUT2D eigenvalue weighted by atomic mass is 16.3. The number of benzene rings is 1. The summed E-state index contributed by atoms with van der Waals surface area (Å²) in [5.41, 5.74) is 1.43. The molecule has 3 rings (SSSR count). The number of piperidine rings is 1. The van der Waals surface area contributed by atoms with Crippen molar-refractivity contribution in [1.82, 2.24) is 9.80 Å². The second-order valence-electron chi connectivity index (χ2n) is 6.21. The Morgan fingerprint density at radius 1 is 1.10 bits per heavy atom. The lowest BCUT2D eigenvalue weighted by Crippen LogP contribution is -2.49. The van der Waals surface area contributed by atoms with Crippen molar-refractivity contribution in [2.75, 3.05) is 26.2 Å². The molecule has 3 nitrogen and oxygen atoms in total. The highest BCUT2D eigenvalue weighted by molar-refractivity contribution is 5.15. The molecular weight excluding hydrogens is 248 g/mol. The summed E-state index contributed by atoms with van der Waals surface area (Å²) >= 11 is 0. The van der Waals surface area contributed by atoms with Crippen LogP contribution >= 0.6 is 0 Å². The Balaban J connectivity index is 1.64. The van der Waals surface area contributed by atoms with E-state index in [4.69, 9.17) is 5.11 Å². The van der Waals surface area contributed by atoms with Crippen LogP contribution in [0, 0.1) is 0 Å². The van der Waals surface area contributed by atoms with E-state index < -0.39 is 0 Å². The van der Waals surface area contributed by atoms with Crippen LogP contribution in [0.4, 0.5) is 0 Å². The second kappa shape index (κ2) is 6.70. The molecule has 1 aromatic carbocycles. The number of hydrogen-bond acceptors (Lipinski definition) is 3. The lowest BCUT2D eigenvalue weighted by Gasteiger charge is -2.39. The normalized spacial score (nSPS) is 24.2. The fraction of sp³-hybridized carbons (Fsp3) is 0.647. The SMILES string of the molecule is OCCN1CCC[C@H](N(Cc2ccccc2)C2CC2)C1. The maximum Gasteiger partial charge on any atom is 0.0558 e. The fourth-order valence-electron chi connectivity index (χ4n) is 3.40. The highest BCUT2D eigenvalue weighted by Crippen LogP contribution is 2.32. The van der Waals surface area contributed by atoms with Crippen molar-refractivity contribution in [3.05, 3.63) is 35.9 Å². The van der Waals surface area contributed by atoms with E-state index >= 15 is 0 Å². The standard InChI is InChI=1S/C17H26N2O/c20-12-11-18-10-4-7-17(14-18)19(16-8-9-16)13-15-5-2-1-3-6-15/h1-3,5-6,16-17,20H,4,7-14H2/t17-/m0/s1. The summed E-state index contributed by atoms with van der Waals surface area (Å²) in [7, 11) is 0. The zero-order valence-electron chi connectivity index (χ0n) is 12.2. The van der Waals surface area contributed by atoms with E-state index in [-0.39, 0.29) is 6.61 Å². The molecule has 2 aliphatic rings. The van der Waals surface area contributed by atoms with Gasteiger partial charge in [0.1, 0.15) is 0 Å². The van der Waals surface area contributed by atoms with Gasteiger partial charge < -0.3 is 5.11 Å². The van der Waals surface area contributed by atoms with Gasteiger partial charge in [0.25, 0.3) is 0 Å². The maximum atomic E-state index is 9.14. The van der Waals surface area contributed by atoms with Crippen LogP contribution < -0.4 is 0 Å². The van der Waals surface area contributed by atoms with Gasteiger partial charge in [0, 0.05) is 31.7 Å². The minimum Gasteiger partial charge on any atom is -0.395 e. The highest BCUT2D eigenvalue weighted by Gasteiger charge is 2.35. The molecule has 1 N–H and O–H groups in total. The summed E-state index contributed by atoms with van der Waals surface area (Å²) in [6.45, 7) is 4.49. The molecule has 1 aliphatic heterocycles. The van der Waals surface area contributed by atoms with Crippen LogP contribution in [-0.2, 0) is 6.54 Å². The first-order valence-electron chi connectivity index (χ1n) is 7.99. The molecular formula is C17H26N2O. The number of β-amino-alcohol motifs (C(OH)–C–C–N with tert-alkyl or cyclic N) is 1. The van der Waals surface area contributed by atoms with Gasteiger partial charge in [0.15, 0.2) is 0 Å². The molecule has 0 radical (unpaired) electrons. The lowest BCUT2D eigenvalue weighted by molar-refractivity contribution is 0.0752. The van der Waals surface area contributed by atoms with Crippen molar-refractivity contribution < 1.29 is 5.11 Å². The zero-order chi connectivity index (χ0) is 13.8. The van der Waals surface area contributed by atoms with E-state index in [1.54, 1.807) is 0 Å². The van der Waals surface area contributed by atoms with Gasteiger partial charge in [-0.3, -0.25) is 9.80 Å². The van der Waals surface area contributed by atoms with Gasteiger partial charge in [0.2, 0.25) is 0 Å². The third-order valence-electron chi connectivity index (χ3n) is 4.59. The van der Waals surface area contributed by atoms with E-state index in [1.807, 2.05) is 0 Å². The van der Waals surface area contributed by atoms with Crippen LogP contribution in [0.2, 0.25) is 0 Å². The fourth-order valence-corrected chi connectivity index (χ4v) is 3.40. The Labute approximate surface area is 122 Å². The van der Waals surface area contributed by atoms with Crippen LogP contribution in [-0.4, -0.2) is 53.2 Å². The molecule has 0 unspecified atom stereocenters. The van der Waals surface area contributed by atoms with Gasteiger partial charge in [-0.05, 0) is 37.8 Å². The molecule has 1 atom stereocenters. The minimum atomic E-state index is 0.287. The topological polar surface area (TPSA) is 26.7 Å². The van der Waals surface area contributed by atoms with E-state index in [0.29, 0.717) is 6.04 Å². The van der Waals surface area contributed by atoms with Crippen molar-refractivity contribution in [3.8, 4) is 0 Å². The van der Waals surface area contributed by atoms with Crippen LogP contribution in [0.15, 0.2) is 30.3 Å². The number of rotatable bonds is 6. The third kappa shape index (κ3) is 3.60. The maximum absolute atomic E-state index is 9.14. The molecule has 1 heterocycles. The van der Waals surface area contributed by atoms with Gasteiger partial charge in [0.05, 0.1) is 6.61 Å². The molecule has 2 fully saturated rings.